The van der Waals surface area contributed by atoms with Crippen molar-refractivity contribution < 1.29 is 27.9 Å². The minimum atomic E-state index is -3.62. The maximum atomic E-state index is 12.9. The number of aryl methyl sites for hydroxylation is 1. The zero-order chi connectivity index (χ0) is 24.0. The molecule has 0 heterocycles. The van der Waals surface area contributed by atoms with Crippen LogP contribution >= 0.6 is 0 Å². The summed E-state index contributed by atoms with van der Waals surface area (Å²) in [6.07, 6.45) is -0.343. The van der Waals surface area contributed by atoms with Crippen LogP contribution in [-0.2, 0) is 25.8 Å². The first kappa shape index (κ1) is 24.1. The van der Waals surface area contributed by atoms with Gasteiger partial charge in [-0.15, -0.1) is 0 Å². The van der Waals surface area contributed by atoms with Crippen LogP contribution in [0.25, 0.3) is 10.8 Å². The fourth-order valence-electron chi connectivity index (χ4n) is 3.36. The summed E-state index contributed by atoms with van der Waals surface area (Å²) in [5.41, 5.74) is 6.26. The van der Waals surface area contributed by atoms with Gasteiger partial charge in [-0.25, -0.2) is 8.42 Å². The number of hydrogen-bond acceptors (Lipinski definition) is 6. The highest BCUT2D eigenvalue weighted by molar-refractivity contribution is 7.91. The molecule has 0 spiro atoms. The number of nitrogens with one attached hydrogen (secondary N) is 1. The lowest BCUT2D eigenvalue weighted by Gasteiger charge is -2.13. The van der Waals surface area contributed by atoms with Gasteiger partial charge < -0.3 is 10.8 Å². The number of amides is 2. The first-order valence-electron chi connectivity index (χ1n) is 10.3. The molecule has 0 aliphatic carbocycles. The number of carbonyl (C=O) groups is 3. The van der Waals surface area contributed by atoms with Crippen molar-refractivity contribution in [1.82, 2.24) is 5.32 Å². The molecule has 0 bridgehead atoms. The summed E-state index contributed by atoms with van der Waals surface area (Å²) in [6, 6.07) is 17.6. The molecule has 0 aliphatic heterocycles. The molecule has 1 atom stereocenters. The van der Waals surface area contributed by atoms with Crippen molar-refractivity contribution in [3.63, 3.8) is 0 Å². The SMILES string of the molecule is N[C@@H](CCC(=O)O)C(=O)NC(=O)c1ccccc1CCS(=O)(=O)c1ccc2ccccc2c1. The number of aliphatic carboxylic acids is 1. The highest BCUT2D eigenvalue weighted by Gasteiger charge is 2.21. The van der Waals surface area contributed by atoms with Gasteiger partial charge in [0.2, 0.25) is 5.91 Å². The predicted octanol–water partition coefficient (Wildman–Crippen LogP) is 2.30. The Hall–Kier alpha value is -3.56. The van der Waals surface area contributed by atoms with E-state index in [4.69, 9.17) is 10.8 Å². The second kappa shape index (κ2) is 10.4. The lowest BCUT2D eigenvalue weighted by Crippen LogP contribution is -2.43. The Kier molecular flexibility index (Phi) is 7.57. The Morgan fingerprint density at radius 3 is 2.33 bits per heavy atom. The Balaban J connectivity index is 1.71. The van der Waals surface area contributed by atoms with Crippen molar-refractivity contribution in [2.45, 2.75) is 30.2 Å². The van der Waals surface area contributed by atoms with E-state index in [1.807, 2.05) is 24.3 Å². The van der Waals surface area contributed by atoms with Gasteiger partial charge in [-0.1, -0.05) is 48.5 Å². The summed E-state index contributed by atoms with van der Waals surface area (Å²) >= 11 is 0. The van der Waals surface area contributed by atoms with Gasteiger partial charge in [0.1, 0.15) is 0 Å². The smallest absolute Gasteiger partial charge is 0.303 e. The average molecular weight is 469 g/mol. The summed E-state index contributed by atoms with van der Waals surface area (Å²) in [7, 11) is -3.62. The molecule has 3 aromatic rings. The highest BCUT2D eigenvalue weighted by atomic mass is 32.2. The number of carbonyl (C=O) groups excluding carboxylic acids is 2. The third kappa shape index (κ3) is 6.24. The predicted molar refractivity (Wildman–Crippen MR) is 123 cm³/mol. The van der Waals surface area contributed by atoms with Gasteiger partial charge in [0, 0.05) is 12.0 Å². The fourth-order valence-corrected chi connectivity index (χ4v) is 4.67. The Labute approximate surface area is 191 Å². The maximum Gasteiger partial charge on any atom is 0.303 e. The number of nitrogens with two attached hydrogens (primary N) is 1. The molecule has 0 aliphatic rings. The molecule has 3 aromatic carbocycles. The van der Waals surface area contributed by atoms with Crippen LogP contribution in [0.2, 0.25) is 0 Å². The van der Waals surface area contributed by atoms with Crippen LogP contribution < -0.4 is 11.1 Å². The monoisotopic (exact) mass is 468 g/mol. The number of imide groups is 1. The van der Waals surface area contributed by atoms with Crippen LogP contribution in [0.3, 0.4) is 0 Å². The van der Waals surface area contributed by atoms with E-state index < -0.39 is 33.7 Å². The molecule has 0 unspecified atom stereocenters. The summed E-state index contributed by atoms with van der Waals surface area (Å²) in [5.74, 6) is -2.83. The van der Waals surface area contributed by atoms with E-state index in [2.05, 4.69) is 5.32 Å². The van der Waals surface area contributed by atoms with E-state index in [0.29, 0.717) is 5.56 Å². The molecule has 172 valence electrons. The molecule has 0 fully saturated rings. The van der Waals surface area contributed by atoms with E-state index in [1.54, 1.807) is 36.4 Å². The van der Waals surface area contributed by atoms with Crippen LogP contribution in [-0.4, -0.2) is 43.1 Å². The molecule has 0 saturated heterocycles. The van der Waals surface area contributed by atoms with Crippen LogP contribution in [0.4, 0.5) is 0 Å². The summed E-state index contributed by atoms with van der Waals surface area (Å²) in [5, 5.41) is 12.6. The van der Waals surface area contributed by atoms with Gasteiger partial charge in [0.15, 0.2) is 9.84 Å². The van der Waals surface area contributed by atoms with Gasteiger partial charge in [0.05, 0.1) is 16.7 Å². The van der Waals surface area contributed by atoms with Crippen LogP contribution in [0.15, 0.2) is 71.6 Å². The van der Waals surface area contributed by atoms with E-state index in [-0.39, 0.29) is 35.5 Å². The number of fused-ring (bicyclic) bond motifs is 1. The van der Waals surface area contributed by atoms with Gasteiger partial charge >= 0.3 is 5.97 Å². The van der Waals surface area contributed by atoms with Crippen molar-refractivity contribution in [2.75, 3.05) is 5.75 Å². The van der Waals surface area contributed by atoms with Crippen molar-refractivity contribution in [3.8, 4) is 0 Å². The first-order valence-corrected chi connectivity index (χ1v) is 11.9. The number of benzene rings is 3. The topological polar surface area (TPSA) is 144 Å². The van der Waals surface area contributed by atoms with Crippen LogP contribution in [0.1, 0.15) is 28.8 Å². The molecule has 0 aromatic heterocycles. The normalized spacial score (nSPS) is 12.3. The van der Waals surface area contributed by atoms with Crippen molar-refractivity contribution in [2.24, 2.45) is 5.73 Å². The zero-order valence-corrected chi connectivity index (χ0v) is 18.5. The minimum absolute atomic E-state index is 0.0675. The molecule has 0 radical (unpaired) electrons. The molecule has 33 heavy (non-hydrogen) atoms. The molecule has 3 rings (SSSR count). The summed E-state index contributed by atoms with van der Waals surface area (Å²) in [4.78, 5) is 35.5. The Morgan fingerprint density at radius 1 is 0.939 bits per heavy atom. The van der Waals surface area contributed by atoms with E-state index in [9.17, 15) is 22.8 Å². The number of rotatable bonds is 9. The lowest BCUT2D eigenvalue weighted by molar-refractivity contribution is -0.137. The molecule has 2 amide bonds. The number of sulfone groups is 1. The summed E-state index contributed by atoms with van der Waals surface area (Å²) < 4.78 is 25.8. The van der Waals surface area contributed by atoms with E-state index >= 15 is 0 Å². The number of carboxylic acid groups (broad SMARTS) is 1. The van der Waals surface area contributed by atoms with Crippen molar-refractivity contribution in [1.29, 1.82) is 0 Å². The highest BCUT2D eigenvalue weighted by Crippen LogP contribution is 2.21. The van der Waals surface area contributed by atoms with Gasteiger partial charge in [-0.05, 0) is 47.4 Å². The van der Waals surface area contributed by atoms with E-state index in [1.165, 1.54) is 6.07 Å². The van der Waals surface area contributed by atoms with Gasteiger partial charge in [-0.2, -0.15) is 0 Å². The van der Waals surface area contributed by atoms with Crippen LogP contribution in [0.5, 0.6) is 0 Å². The van der Waals surface area contributed by atoms with Crippen molar-refractivity contribution >= 4 is 38.4 Å². The van der Waals surface area contributed by atoms with Gasteiger partial charge in [-0.3, -0.25) is 19.7 Å². The second-order valence-corrected chi connectivity index (χ2v) is 9.70. The molecule has 8 nitrogen and oxygen atoms in total. The molecular weight excluding hydrogens is 444 g/mol. The molecule has 0 saturated carbocycles. The molecule has 9 heteroatoms. The van der Waals surface area contributed by atoms with Crippen LogP contribution in [0, 0.1) is 0 Å². The van der Waals surface area contributed by atoms with E-state index in [0.717, 1.165) is 10.8 Å². The third-order valence-corrected chi connectivity index (χ3v) is 6.94. The number of hydrogen-bond donors (Lipinski definition) is 3. The standard InChI is InChI=1S/C24H24N2O6S/c25-21(11-12-22(27)28)24(30)26-23(29)20-8-4-3-6-17(20)13-14-33(31,32)19-10-9-16-5-1-2-7-18(16)15-19/h1-10,15,21H,11-14,25H2,(H,27,28)(H,26,29,30)/t21-/m0/s1. The zero-order valence-electron chi connectivity index (χ0n) is 17.7. The first-order chi connectivity index (χ1) is 15.7. The second-order valence-electron chi connectivity index (χ2n) is 7.59. The number of carboxylic acids is 1. The minimum Gasteiger partial charge on any atom is -0.481 e. The lowest BCUT2D eigenvalue weighted by atomic mass is 10.0. The molecular formula is C24H24N2O6S. The quantitative estimate of drug-likeness (QED) is 0.437. The van der Waals surface area contributed by atoms with Gasteiger partial charge in [0.25, 0.3) is 5.91 Å². The molecule has 4 N–H and O–H groups in total. The Morgan fingerprint density at radius 2 is 1.61 bits per heavy atom. The van der Waals surface area contributed by atoms with Crippen molar-refractivity contribution in [3.05, 3.63) is 77.9 Å². The average Bonchev–Trinajstić information content (AvgIpc) is 2.81. The third-order valence-electron chi connectivity index (χ3n) is 5.22. The maximum absolute atomic E-state index is 12.9. The largest absolute Gasteiger partial charge is 0.481 e. The summed E-state index contributed by atoms with van der Waals surface area (Å²) in [6.45, 7) is 0. The Bertz CT molecular complexity index is 1300. The fraction of sp³-hybridized carbons (Fsp3) is 0.208.